The largest absolute Gasteiger partial charge is 0.476 e. The van der Waals surface area contributed by atoms with Crippen LogP contribution in [0.1, 0.15) is 37.7 Å². The molecule has 0 bridgehead atoms. The van der Waals surface area contributed by atoms with Gasteiger partial charge < -0.3 is 10.0 Å². The van der Waals surface area contributed by atoms with E-state index in [4.69, 9.17) is 5.11 Å². The zero-order valence-electron chi connectivity index (χ0n) is 11.1. The molecule has 5 heteroatoms. The second-order valence-electron chi connectivity index (χ2n) is 5.88. The van der Waals surface area contributed by atoms with E-state index in [0.717, 1.165) is 25.3 Å². The predicted octanol–water partition coefficient (Wildman–Crippen LogP) is 2.05. The van der Waals surface area contributed by atoms with Gasteiger partial charge in [0.2, 0.25) is 0 Å². The Morgan fingerprint density at radius 1 is 1.39 bits per heavy atom. The topological polar surface area (TPSA) is 66.3 Å². The molecule has 1 aromatic rings. The standard InChI is InChI=1S/C13H19N3O2/c1-13(2,3)9-6-7-16(8-9)11-5-4-10(12(17)18)14-15-11/h4-5,9H,6-8H2,1-3H3,(H,17,18). The number of nitrogens with zero attached hydrogens (tertiary/aromatic N) is 3. The van der Waals surface area contributed by atoms with Crippen molar-refractivity contribution in [3.63, 3.8) is 0 Å². The average Bonchev–Trinajstić information content (AvgIpc) is 2.78. The Morgan fingerprint density at radius 2 is 2.11 bits per heavy atom. The molecule has 1 N–H and O–H groups in total. The van der Waals surface area contributed by atoms with Gasteiger partial charge in [0.25, 0.3) is 0 Å². The number of hydrogen-bond donors (Lipinski definition) is 1. The first kappa shape index (κ1) is 12.8. The van der Waals surface area contributed by atoms with Crippen LogP contribution in [0.25, 0.3) is 0 Å². The summed E-state index contributed by atoms with van der Waals surface area (Å²) in [5.41, 5.74) is 0.286. The molecule has 2 rings (SSSR count). The third-order valence-electron chi connectivity index (χ3n) is 3.61. The molecule has 0 aliphatic carbocycles. The summed E-state index contributed by atoms with van der Waals surface area (Å²) >= 11 is 0. The van der Waals surface area contributed by atoms with Gasteiger partial charge in [0.1, 0.15) is 0 Å². The lowest BCUT2D eigenvalue weighted by atomic mass is 9.80. The van der Waals surface area contributed by atoms with Crippen molar-refractivity contribution in [3.8, 4) is 0 Å². The van der Waals surface area contributed by atoms with Gasteiger partial charge in [-0.1, -0.05) is 20.8 Å². The van der Waals surface area contributed by atoms with Gasteiger partial charge in [-0.2, -0.15) is 0 Å². The number of carbonyl (C=O) groups is 1. The lowest BCUT2D eigenvalue weighted by molar-refractivity contribution is 0.0689. The predicted molar refractivity (Wildman–Crippen MR) is 68.8 cm³/mol. The van der Waals surface area contributed by atoms with Crippen LogP contribution in [0.3, 0.4) is 0 Å². The van der Waals surface area contributed by atoms with Crippen LogP contribution in [0.5, 0.6) is 0 Å². The molecule has 1 aromatic heterocycles. The Balaban J connectivity index is 2.08. The van der Waals surface area contributed by atoms with Crippen molar-refractivity contribution in [2.24, 2.45) is 11.3 Å². The van der Waals surface area contributed by atoms with E-state index in [2.05, 4.69) is 35.9 Å². The van der Waals surface area contributed by atoms with Crippen molar-refractivity contribution < 1.29 is 9.90 Å². The smallest absolute Gasteiger partial charge is 0.356 e. The van der Waals surface area contributed by atoms with Crippen LogP contribution in [-0.2, 0) is 0 Å². The monoisotopic (exact) mass is 249 g/mol. The van der Waals surface area contributed by atoms with Gasteiger partial charge in [-0.25, -0.2) is 4.79 Å². The van der Waals surface area contributed by atoms with Crippen LogP contribution in [0.2, 0.25) is 0 Å². The molecule has 2 heterocycles. The molecule has 0 radical (unpaired) electrons. The fourth-order valence-corrected chi connectivity index (χ4v) is 2.28. The summed E-state index contributed by atoms with van der Waals surface area (Å²) in [6.07, 6.45) is 1.14. The molecule has 0 aromatic carbocycles. The molecule has 1 unspecified atom stereocenters. The highest BCUT2D eigenvalue weighted by Gasteiger charge is 2.32. The minimum atomic E-state index is -1.04. The molecule has 0 amide bonds. The fraction of sp³-hybridized carbons (Fsp3) is 0.615. The molecule has 98 valence electrons. The zero-order chi connectivity index (χ0) is 13.3. The van der Waals surface area contributed by atoms with Gasteiger partial charge in [0.05, 0.1) is 0 Å². The molecule has 1 fully saturated rings. The molecule has 1 aliphatic heterocycles. The number of anilines is 1. The number of hydrogen-bond acceptors (Lipinski definition) is 4. The maximum Gasteiger partial charge on any atom is 0.356 e. The van der Waals surface area contributed by atoms with Crippen molar-refractivity contribution in [3.05, 3.63) is 17.8 Å². The van der Waals surface area contributed by atoms with E-state index in [0.29, 0.717) is 11.3 Å². The van der Waals surface area contributed by atoms with E-state index < -0.39 is 5.97 Å². The number of carboxylic acid groups (broad SMARTS) is 1. The second-order valence-corrected chi connectivity index (χ2v) is 5.88. The van der Waals surface area contributed by atoms with Crippen LogP contribution in [0.4, 0.5) is 5.82 Å². The van der Waals surface area contributed by atoms with E-state index in [-0.39, 0.29) is 5.69 Å². The van der Waals surface area contributed by atoms with Gasteiger partial charge in [-0.05, 0) is 29.9 Å². The molecule has 1 aliphatic rings. The quantitative estimate of drug-likeness (QED) is 0.868. The maximum atomic E-state index is 10.7. The van der Waals surface area contributed by atoms with Crippen molar-refractivity contribution >= 4 is 11.8 Å². The Labute approximate surface area is 107 Å². The summed E-state index contributed by atoms with van der Waals surface area (Å²) in [5.74, 6) is 0.369. The Bertz CT molecular complexity index is 437. The SMILES string of the molecule is CC(C)(C)C1CCN(c2ccc(C(=O)O)nn2)C1. The van der Waals surface area contributed by atoms with Gasteiger partial charge in [0.15, 0.2) is 11.5 Å². The molecule has 1 saturated heterocycles. The summed E-state index contributed by atoms with van der Waals surface area (Å²) in [5, 5.41) is 16.5. The number of carboxylic acids is 1. The normalized spacial score (nSPS) is 20.2. The van der Waals surface area contributed by atoms with Crippen molar-refractivity contribution in [1.82, 2.24) is 10.2 Å². The zero-order valence-corrected chi connectivity index (χ0v) is 11.1. The first-order valence-corrected chi connectivity index (χ1v) is 6.20. The summed E-state index contributed by atoms with van der Waals surface area (Å²) in [7, 11) is 0. The van der Waals surface area contributed by atoms with Crippen LogP contribution in [0.15, 0.2) is 12.1 Å². The Morgan fingerprint density at radius 3 is 2.56 bits per heavy atom. The van der Waals surface area contributed by atoms with Gasteiger partial charge >= 0.3 is 5.97 Å². The van der Waals surface area contributed by atoms with E-state index in [1.807, 2.05) is 0 Å². The minimum Gasteiger partial charge on any atom is -0.476 e. The Kier molecular flexibility index (Phi) is 3.24. The first-order chi connectivity index (χ1) is 8.38. The molecular formula is C13H19N3O2. The fourth-order valence-electron chi connectivity index (χ4n) is 2.28. The van der Waals surface area contributed by atoms with E-state index in [1.165, 1.54) is 6.07 Å². The second kappa shape index (κ2) is 4.55. The van der Waals surface area contributed by atoms with E-state index >= 15 is 0 Å². The minimum absolute atomic E-state index is 0.00896. The summed E-state index contributed by atoms with van der Waals surface area (Å²) in [4.78, 5) is 12.9. The van der Waals surface area contributed by atoms with Crippen LogP contribution >= 0.6 is 0 Å². The van der Waals surface area contributed by atoms with E-state index in [9.17, 15) is 4.79 Å². The van der Waals surface area contributed by atoms with E-state index in [1.54, 1.807) is 6.07 Å². The number of aromatic nitrogens is 2. The van der Waals surface area contributed by atoms with Crippen LogP contribution in [-0.4, -0.2) is 34.4 Å². The molecule has 1 atom stereocenters. The van der Waals surface area contributed by atoms with Gasteiger partial charge in [-0.15, -0.1) is 10.2 Å². The summed E-state index contributed by atoms with van der Waals surface area (Å²) < 4.78 is 0. The third kappa shape index (κ3) is 2.60. The van der Waals surface area contributed by atoms with Crippen LogP contribution < -0.4 is 4.90 Å². The average molecular weight is 249 g/mol. The highest BCUT2D eigenvalue weighted by Crippen LogP contribution is 2.34. The maximum absolute atomic E-state index is 10.7. The lowest BCUT2D eigenvalue weighted by Crippen LogP contribution is -2.26. The van der Waals surface area contributed by atoms with Crippen molar-refractivity contribution in [1.29, 1.82) is 0 Å². The third-order valence-corrected chi connectivity index (χ3v) is 3.61. The highest BCUT2D eigenvalue weighted by atomic mass is 16.4. The molecular weight excluding hydrogens is 230 g/mol. The first-order valence-electron chi connectivity index (χ1n) is 6.20. The van der Waals surface area contributed by atoms with Gasteiger partial charge in [0, 0.05) is 13.1 Å². The van der Waals surface area contributed by atoms with Crippen molar-refractivity contribution in [2.45, 2.75) is 27.2 Å². The molecule has 0 spiro atoms. The summed E-state index contributed by atoms with van der Waals surface area (Å²) in [6, 6.07) is 3.25. The summed E-state index contributed by atoms with van der Waals surface area (Å²) in [6.45, 7) is 8.68. The van der Waals surface area contributed by atoms with Crippen molar-refractivity contribution in [2.75, 3.05) is 18.0 Å². The van der Waals surface area contributed by atoms with Gasteiger partial charge in [-0.3, -0.25) is 0 Å². The molecule has 0 saturated carbocycles. The number of rotatable bonds is 2. The highest BCUT2D eigenvalue weighted by molar-refractivity contribution is 5.85. The van der Waals surface area contributed by atoms with Crippen LogP contribution in [0, 0.1) is 11.3 Å². The number of aromatic carboxylic acids is 1. The Hall–Kier alpha value is -1.65. The molecule has 18 heavy (non-hydrogen) atoms. The lowest BCUT2D eigenvalue weighted by Gasteiger charge is -2.27. The molecule has 5 nitrogen and oxygen atoms in total.